The van der Waals surface area contributed by atoms with Crippen molar-refractivity contribution in [1.82, 2.24) is 0 Å². The van der Waals surface area contributed by atoms with Gasteiger partial charge in [0.1, 0.15) is 6.04 Å². The minimum atomic E-state index is -2.73. The lowest BCUT2D eigenvalue weighted by molar-refractivity contribution is -0.138. The van der Waals surface area contributed by atoms with Crippen LogP contribution in [0, 0.1) is 0 Å². The number of hydrogen-bond donors (Lipinski definition) is 3. The van der Waals surface area contributed by atoms with Crippen molar-refractivity contribution < 1.29 is 22.8 Å². The van der Waals surface area contributed by atoms with Crippen LogP contribution in [0.25, 0.3) is 0 Å². The summed E-state index contributed by atoms with van der Waals surface area (Å²) in [4.78, 5) is 10.6. The fourth-order valence-corrected chi connectivity index (χ4v) is 1.88. The number of hydrogen-bond acceptors (Lipinski definition) is 6. The summed E-state index contributed by atoms with van der Waals surface area (Å²) in [6, 6.07) is 5.40. The van der Waals surface area contributed by atoms with E-state index < -0.39 is 29.1 Å². The van der Waals surface area contributed by atoms with Crippen molar-refractivity contribution in [1.29, 1.82) is 0 Å². The largest absolute Gasteiger partial charge is 0.750 e. The van der Waals surface area contributed by atoms with Gasteiger partial charge in [-0.1, -0.05) is 24.3 Å². The van der Waals surface area contributed by atoms with Crippen molar-refractivity contribution in [3.8, 4) is 0 Å². The molecular formula is C11H15N2O5S-. The molecule has 0 fully saturated rings. The molecule has 19 heavy (non-hydrogen) atoms. The van der Waals surface area contributed by atoms with E-state index in [1.807, 2.05) is 0 Å². The monoisotopic (exact) mass is 287 g/mol. The van der Waals surface area contributed by atoms with Gasteiger partial charge in [0.05, 0.1) is 11.4 Å². The zero-order valence-electron chi connectivity index (χ0n) is 10.2. The van der Waals surface area contributed by atoms with Crippen LogP contribution in [0.4, 0.5) is 0 Å². The first kappa shape index (κ1) is 15.7. The lowest BCUT2D eigenvalue weighted by atomic mass is 10.0. The highest BCUT2D eigenvalue weighted by Gasteiger charge is 2.23. The molecule has 0 aliphatic carbocycles. The van der Waals surface area contributed by atoms with Crippen LogP contribution in [0.15, 0.2) is 24.3 Å². The summed E-state index contributed by atoms with van der Waals surface area (Å²) in [5, 5.41) is 8.69. The van der Waals surface area contributed by atoms with E-state index in [4.69, 9.17) is 16.6 Å². The number of benzene rings is 1. The van der Waals surface area contributed by atoms with E-state index in [1.54, 1.807) is 24.3 Å². The molecule has 0 saturated heterocycles. The van der Waals surface area contributed by atoms with Crippen molar-refractivity contribution in [2.75, 3.05) is 0 Å². The van der Waals surface area contributed by atoms with Crippen LogP contribution in [0.2, 0.25) is 0 Å². The van der Waals surface area contributed by atoms with Crippen LogP contribution in [-0.2, 0) is 32.5 Å². The first-order valence-electron chi connectivity index (χ1n) is 5.38. The molecule has 5 N–H and O–H groups in total. The lowest BCUT2D eigenvalue weighted by Gasteiger charge is -2.26. The summed E-state index contributed by atoms with van der Waals surface area (Å²) < 4.78 is 25.5. The topological polar surface area (TPSA) is 139 Å². The number of carboxylic acid groups (broad SMARTS) is 1. The van der Waals surface area contributed by atoms with Crippen LogP contribution >= 0.6 is 0 Å². The average Bonchev–Trinajstić information content (AvgIpc) is 2.27. The van der Waals surface area contributed by atoms with E-state index in [1.165, 1.54) is 6.92 Å². The first-order chi connectivity index (χ1) is 8.72. The Labute approximate surface area is 113 Å². The second kappa shape index (κ2) is 6.22. The van der Waals surface area contributed by atoms with Crippen molar-refractivity contribution in [2.24, 2.45) is 11.5 Å². The normalized spacial score (nSPS) is 17.5. The van der Waals surface area contributed by atoms with E-state index >= 15 is 0 Å². The van der Waals surface area contributed by atoms with Crippen molar-refractivity contribution >= 4 is 17.3 Å². The molecule has 1 aromatic rings. The Morgan fingerprint density at radius 3 is 2.47 bits per heavy atom. The van der Waals surface area contributed by atoms with Crippen LogP contribution in [0.3, 0.4) is 0 Å². The summed E-state index contributed by atoms with van der Waals surface area (Å²) >= 11 is -2.73. The second-order valence-corrected chi connectivity index (χ2v) is 4.82. The Bertz CT molecular complexity index is 474. The highest BCUT2D eigenvalue weighted by atomic mass is 32.2. The quantitative estimate of drug-likeness (QED) is 0.477. The molecule has 0 saturated carbocycles. The smallest absolute Gasteiger partial charge is 0.320 e. The third kappa shape index (κ3) is 4.69. The SMILES string of the molecule is CC(N)(OS(=O)[O-])c1ccc(C[C@H](N)C(=O)O)cc1. The van der Waals surface area contributed by atoms with Gasteiger partial charge < -0.3 is 15.4 Å². The molecule has 0 heterocycles. The summed E-state index contributed by atoms with van der Waals surface area (Å²) in [7, 11) is 0. The third-order valence-corrected chi connectivity index (χ3v) is 3.02. The van der Waals surface area contributed by atoms with Crippen molar-refractivity contribution in [3.05, 3.63) is 35.4 Å². The van der Waals surface area contributed by atoms with Gasteiger partial charge in [-0.05, 0) is 24.5 Å². The van der Waals surface area contributed by atoms with E-state index in [0.717, 1.165) is 0 Å². The van der Waals surface area contributed by atoms with Gasteiger partial charge in [-0.15, -0.1) is 0 Å². The lowest BCUT2D eigenvalue weighted by Crippen LogP contribution is -2.37. The molecule has 0 spiro atoms. The maximum atomic E-state index is 10.6. The molecule has 2 unspecified atom stereocenters. The maximum Gasteiger partial charge on any atom is 0.320 e. The molecule has 1 aromatic carbocycles. The van der Waals surface area contributed by atoms with Gasteiger partial charge in [-0.2, -0.15) is 0 Å². The molecule has 0 amide bonds. The number of nitrogens with two attached hydrogens (primary N) is 2. The highest BCUT2D eigenvalue weighted by molar-refractivity contribution is 7.74. The minimum absolute atomic E-state index is 0.172. The van der Waals surface area contributed by atoms with E-state index in [2.05, 4.69) is 4.18 Å². The summed E-state index contributed by atoms with van der Waals surface area (Å²) in [6.45, 7) is 1.40. The fraction of sp³-hybridized carbons (Fsp3) is 0.364. The van der Waals surface area contributed by atoms with Gasteiger partial charge in [-0.25, -0.2) is 4.21 Å². The van der Waals surface area contributed by atoms with Crippen LogP contribution in [0.1, 0.15) is 18.1 Å². The Morgan fingerprint density at radius 1 is 1.53 bits per heavy atom. The molecule has 0 bridgehead atoms. The van der Waals surface area contributed by atoms with Crippen LogP contribution in [0.5, 0.6) is 0 Å². The first-order valence-corrected chi connectivity index (χ1v) is 6.38. The summed E-state index contributed by atoms with van der Waals surface area (Å²) in [6.07, 6.45) is 0.172. The Balaban J connectivity index is 2.81. The van der Waals surface area contributed by atoms with Gasteiger partial charge in [0.2, 0.25) is 0 Å². The standard InChI is InChI=1S/C11H16N2O5S/c1-11(13,18-19(16)17)8-4-2-7(3-5-8)6-9(12)10(14)15/h2-5,9H,6,12-13H2,1H3,(H,14,15)(H,16,17)/p-1/t9-,11?/m0/s1. The Hall–Kier alpha value is -1.32. The molecule has 0 aromatic heterocycles. The zero-order valence-corrected chi connectivity index (χ0v) is 11.1. The molecule has 7 nitrogen and oxygen atoms in total. The second-order valence-electron chi connectivity index (χ2n) is 4.24. The van der Waals surface area contributed by atoms with E-state index in [-0.39, 0.29) is 6.42 Å². The predicted molar refractivity (Wildman–Crippen MR) is 67.3 cm³/mol. The Kier molecular flexibility index (Phi) is 5.15. The van der Waals surface area contributed by atoms with Crippen LogP contribution < -0.4 is 11.5 Å². The number of carbonyl (C=O) groups is 1. The Morgan fingerprint density at radius 2 is 2.05 bits per heavy atom. The molecule has 0 radical (unpaired) electrons. The molecule has 1 rings (SSSR count). The molecule has 3 atom stereocenters. The van der Waals surface area contributed by atoms with E-state index in [9.17, 15) is 13.6 Å². The maximum absolute atomic E-state index is 10.6. The summed E-state index contributed by atoms with van der Waals surface area (Å²) in [5.41, 5.74) is 10.8. The third-order valence-electron chi connectivity index (χ3n) is 2.54. The highest BCUT2D eigenvalue weighted by Crippen LogP contribution is 2.20. The van der Waals surface area contributed by atoms with Gasteiger partial charge >= 0.3 is 5.97 Å². The van der Waals surface area contributed by atoms with Gasteiger partial charge in [-0.3, -0.25) is 14.7 Å². The van der Waals surface area contributed by atoms with Gasteiger partial charge in [0.15, 0.2) is 5.72 Å². The number of carboxylic acids is 1. The number of aliphatic carboxylic acids is 1. The van der Waals surface area contributed by atoms with Crippen molar-refractivity contribution in [2.45, 2.75) is 25.1 Å². The minimum Gasteiger partial charge on any atom is -0.750 e. The molecule has 8 heteroatoms. The van der Waals surface area contributed by atoms with Crippen LogP contribution in [-0.4, -0.2) is 25.9 Å². The average molecular weight is 287 g/mol. The molecule has 0 aliphatic rings. The predicted octanol–water partition coefficient (Wildman–Crippen LogP) is -0.417. The zero-order chi connectivity index (χ0) is 14.6. The molecule has 106 valence electrons. The van der Waals surface area contributed by atoms with Gasteiger partial charge in [0, 0.05) is 0 Å². The van der Waals surface area contributed by atoms with Crippen molar-refractivity contribution in [3.63, 3.8) is 0 Å². The number of rotatable bonds is 6. The summed E-state index contributed by atoms with van der Waals surface area (Å²) in [5.74, 6) is -1.09. The van der Waals surface area contributed by atoms with E-state index in [0.29, 0.717) is 11.1 Å². The molecular weight excluding hydrogens is 272 g/mol. The van der Waals surface area contributed by atoms with Gasteiger partial charge in [0.25, 0.3) is 0 Å². The molecule has 0 aliphatic heterocycles. The fourth-order valence-electron chi connectivity index (χ4n) is 1.50.